The molecular formula is C22H17N5O. The van der Waals surface area contributed by atoms with Crippen LogP contribution in [0, 0.1) is 6.92 Å². The molecule has 0 spiro atoms. The van der Waals surface area contributed by atoms with Crippen molar-refractivity contribution in [1.82, 2.24) is 25.0 Å². The van der Waals surface area contributed by atoms with Gasteiger partial charge in [-0.3, -0.25) is 0 Å². The first kappa shape index (κ1) is 16.4. The Kier molecular flexibility index (Phi) is 3.76. The number of aromatic nitrogens is 5. The summed E-state index contributed by atoms with van der Waals surface area (Å²) in [6, 6.07) is 21.8. The molecule has 3 aromatic heterocycles. The first-order valence-corrected chi connectivity index (χ1v) is 8.97. The number of pyridine rings is 2. The lowest BCUT2D eigenvalue weighted by atomic mass is 10.1. The molecule has 0 atom stereocenters. The Balaban J connectivity index is 1.73. The van der Waals surface area contributed by atoms with Crippen molar-refractivity contribution >= 4 is 22.1 Å². The van der Waals surface area contributed by atoms with Gasteiger partial charge in [-0.05, 0) is 55.5 Å². The highest BCUT2D eigenvalue weighted by molar-refractivity contribution is 6.01. The molecule has 0 saturated heterocycles. The largest absolute Gasteiger partial charge is 0.497 e. The van der Waals surface area contributed by atoms with Crippen LogP contribution < -0.4 is 4.74 Å². The van der Waals surface area contributed by atoms with Gasteiger partial charge in [0.15, 0.2) is 11.2 Å². The summed E-state index contributed by atoms with van der Waals surface area (Å²) in [4.78, 5) is 9.65. The molecule has 136 valence electrons. The van der Waals surface area contributed by atoms with E-state index in [0.717, 1.165) is 39.3 Å². The molecule has 0 unspecified atom stereocenters. The van der Waals surface area contributed by atoms with Gasteiger partial charge in [-0.1, -0.05) is 23.4 Å². The molecule has 3 heterocycles. The van der Waals surface area contributed by atoms with Crippen LogP contribution in [0.5, 0.6) is 5.75 Å². The maximum atomic E-state index is 5.24. The second kappa shape index (κ2) is 6.42. The SMILES string of the molecule is COc1ccc(-c2ccc3c(C)nc4c(nnn4-c4ccccc4)c3n2)cc1. The zero-order chi connectivity index (χ0) is 19.1. The molecule has 6 nitrogen and oxygen atoms in total. The average molecular weight is 367 g/mol. The molecule has 0 bridgehead atoms. The second-order valence-corrected chi connectivity index (χ2v) is 6.53. The van der Waals surface area contributed by atoms with Crippen molar-refractivity contribution in [1.29, 1.82) is 0 Å². The van der Waals surface area contributed by atoms with Gasteiger partial charge in [0.2, 0.25) is 0 Å². The Morgan fingerprint density at radius 3 is 2.36 bits per heavy atom. The summed E-state index contributed by atoms with van der Waals surface area (Å²) >= 11 is 0. The minimum Gasteiger partial charge on any atom is -0.497 e. The van der Waals surface area contributed by atoms with E-state index in [0.29, 0.717) is 11.2 Å². The number of rotatable bonds is 3. The Morgan fingerprint density at radius 1 is 0.821 bits per heavy atom. The third-order valence-corrected chi connectivity index (χ3v) is 4.82. The number of para-hydroxylation sites is 1. The van der Waals surface area contributed by atoms with Gasteiger partial charge in [-0.25, -0.2) is 9.97 Å². The number of ether oxygens (including phenoxy) is 1. The van der Waals surface area contributed by atoms with Gasteiger partial charge < -0.3 is 4.74 Å². The number of aryl methyl sites for hydroxylation is 1. The highest BCUT2D eigenvalue weighted by Gasteiger charge is 2.15. The monoisotopic (exact) mass is 367 g/mol. The summed E-state index contributed by atoms with van der Waals surface area (Å²) in [5.74, 6) is 0.817. The molecule has 0 N–H and O–H groups in total. The summed E-state index contributed by atoms with van der Waals surface area (Å²) < 4.78 is 7.00. The van der Waals surface area contributed by atoms with Gasteiger partial charge in [0.1, 0.15) is 11.3 Å². The Morgan fingerprint density at radius 2 is 1.61 bits per heavy atom. The summed E-state index contributed by atoms with van der Waals surface area (Å²) in [7, 11) is 1.66. The second-order valence-electron chi connectivity index (χ2n) is 6.53. The molecule has 28 heavy (non-hydrogen) atoms. The summed E-state index contributed by atoms with van der Waals surface area (Å²) in [5.41, 5.74) is 5.91. The van der Waals surface area contributed by atoms with E-state index in [-0.39, 0.29) is 0 Å². The number of nitrogens with zero attached hydrogens (tertiary/aromatic N) is 5. The molecule has 2 aromatic carbocycles. The van der Waals surface area contributed by atoms with Crippen LogP contribution in [-0.2, 0) is 0 Å². The molecule has 0 aliphatic carbocycles. The molecule has 5 rings (SSSR count). The van der Waals surface area contributed by atoms with Crippen LogP contribution in [0.3, 0.4) is 0 Å². The Bertz CT molecular complexity index is 1290. The predicted molar refractivity (Wildman–Crippen MR) is 109 cm³/mol. The van der Waals surface area contributed by atoms with Gasteiger partial charge in [0.05, 0.1) is 18.5 Å². The van der Waals surface area contributed by atoms with Crippen molar-refractivity contribution in [2.24, 2.45) is 0 Å². The summed E-state index contributed by atoms with van der Waals surface area (Å²) in [6.45, 7) is 1.98. The predicted octanol–water partition coefficient (Wildman–Crippen LogP) is 4.35. The fourth-order valence-electron chi connectivity index (χ4n) is 3.35. The minimum absolute atomic E-state index is 0.694. The smallest absolute Gasteiger partial charge is 0.186 e. The van der Waals surface area contributed by atoms with Crippen LogP contribution >= 0.6 is 0 Å². The number of fused-ring (bicyclic) bond motifs is 3. The van der Waals surface area contributed by atoms with Crippen molar-refractivity contribution in [2.45, 2.75) is 6.92 Å². The Labute approximate surface area is 161 Å². The first-order valence-electron chi connectivity index (χ1n) is 8.97. The number of hydrogen-bond donors (Lipinski definition) is 0. The van der Waals surface area contributed by atoms with E-state index in [9.17, 15) is 0 Å². The van der Waals surface area contributed by atoms with Gasteiger partial charge in [-0.15, -0.1) is 5.10 Å². The fraction of sp³-hybridized carbons (Fsp3) is 0.0909. The van der Waals surface area contributed by atoms with Crippen molar-refractivity contribution in [2.75, 3.05) is 7.11 Å². The average Bonchev–Trinajstić information content (AvgIpc) is 3.18. The maximum Gasteiger partial charge on any atom is 0.186 e. The van der Waals surface area contributed by atoms with Crippen LogP contribution in [0.15, 0.2) is 66.7 Å². The van der Waals surface area contributed by atoms with E-state index in [2.05, 4.69) is 10.3 Å². The highest BCUT2D eigenvalue weighted by Crippen LogP contribution is 2.28. The van der Waals surface area contributed by atoms with Crippen molar-refractivity contribution < 1.29 is 4.74 Å². The first-order chi connectivity index (χ1) is 13.7. The topological polar surface area (TPSA) is 65.7 Å². The lowest BCUT2D eigenvalue weighted by Crippen LogP contribution is -1.99. The third-order valence-electron chi connectivity index (χ3n) is 4.82. The molecule has 0 radical (unpaired) electrons. The highest BCUT2D eigenvalue weighted by atomic mass is 16.5. The molecule has 0 aliphatic heterocycles. The van der Waals surface area contributed by atoms with E-state index in [4.69, 9.17) is 14.7 Å². The van der Waals surface area contributed by atoms with E-state index in [1.165, 1.54) is 0 Å². The third kappa shape index (κ3) is 2.58. The number of benzene rings is 2. The van der Waals surface area contributed by atoms with E-state index >= 15 is 0 Å². The fourth-order valence-corrected chi connectivity index (χ4v) is 3.35. The van der Waals surface area contributed by atoms with Gasteiger partial charge >= 0.3 is 0 Å². The lowest BCUT2D eigenvalue weighted by molar-refractivity contribution is 0.415. The van der Waals surface area contributed by atoms with Crippen LogP contribution in [0.25, 0.3) is 39.0 Å². The van der Waals surface area contributed by atoms with Gasteiger partial charge in [-0.2, -0.15) is 4.68 Å². The zero-order valence-electron chi connectivity index (χ0n) is 15.5. The zero-order valence-corrected chi connectivity index (χ0v) is 15.5. The van der Waals surface area contributed by atoms with Crippen molar-refractivity contribution in [3.05, 3.63) is 72.4 Å². The summed E-state index contributed by atoms with van der Waals surface area (Å²) in [6.07, 6.45) is 0. The number of methoxy groups -OCH3 is 1. The summed E-state index contributed by atoms with van der Waals surface area (Å²) in [5, 5.41) is 9.70. The quantitative estimate of drug-likeness (QED) is 0.474. The number of hydrogen-bond acceptors (Lipinski definition) is 5. The van der Waals surface area contributed by atoms with Gasteiger partial charge in [0.25, 0.3) is 0 Å². The van der Waals surface area contributed by atoms with E-state index < -0.39 is 0 Å². The molecule has 6 heteroatoms. The minimum atomic E-state index is 0.694. The molecule has 0 fully saturated rings. The van der Waals surface area contributed by atoms with Crippen LogP contribution in [-0.4, -0.2) is 32.1 Å². The molecule has 0 amide bonds. The normalized spacial score (nSPS) is 11.2. The van der Waals surface area contributed by atoms with E-state index in [1.807, 2.05) is 73.7 Å². The standard InChI is InChI=1S/C22H17N5O/c1-14-18-12-13-19(15-8-10-17(28-2)11-9-15)24-20(18)21-22(23-14)27(26-25-21)16-6-4-3-5-7-16/h3-13H,1-2H3. The van der Waals surface area contributed by atoms with Crippen LogP contribution in [0.2, 0.25) is 0 Å². The van der Waals surface area contributed by atoms with Crippen LogP contribution in [0.1, 0.15) is 5.69 Å². The maximum absolute atomic E-state index is 5.24. The van der Waals surface area contributed by atoms with Gasteiger partial charge in [0, 0.05) is 16.6 Å². The molecule has 5 aromatic rings. The Hall–Kier alpha value is -3.80. The molecular weight excluding hydrogens is 350 g/mol. The van der Waals surface area contributed by atoms with Crippen LogP contribution in [0.4, 0.5) is 0 Å². The van der Waals surface area contributed by atoms with Crippen molar-refractivity contribution in [3.8, 4) is 22.7 Å². The molecule has 0 saturated carbocycles. The van der Waals surface area contributed by atoms with E-state index in [1.54, 1.807) is 11.8 Å². The van der Waals surface area contributed by atoms with Crippen molar-refractivity contribution in [3.63, 3.8) is 0 Å². The molecule has 0 aliphatic rings. The lowest BCUT2D eigenvalue weighted by Gasteiger charge is -2.07.